The van der Waals surface area contributed by atoms with Crippen LogP contribution in [0.1, 0.15) is 37.7 Å². The largest absolute Gasteiger partial charge is 0.370 e. The number of piperidine rings is 1. The summed E-state index contributed by atoms with van der Waals surface area (Å²) in [4.78, 5) is 43.8. The summed E-state index contributed by atoms with van der Waals surface area (Å²) in [5, 5.41) is 10.5. The molecule has 178 valence electrons. The number of carbonyl (C=O) groups excluding carboxylic acids is 3. The number of likely N-dealkylation sites (tertiary alicyclic amines) is 1. The van der Waals surface area contributed by atoms with Gasteiger partial charge in [-0.1, -0.05) is 30.3 Å². The van der Waals surface area contributed by atoms with Gasteiger partial charge in [-0.2, -0.15) is 0 Å². The molecule has 1 unspecified atom stereocenters. The third-order valence-corrected chi connectivity index (χ3v) is 7.16. The van der Waals surface area contributed by atoms with Crippen LogP contribution in [0.2, 0.25) is 0 Å². The molecule has 0 bridgehead atoms. The van der Waals surface area contributed by atoms with E-state index in [1.807, 2.05) is 23.1 Å². The van der Waals surface area contributed by atoms with Crippen molar-refractivity contribution in [3.8, 4) is 0 Å². The Morgan fingerprint density at radius 3 is 2.52 bits per heavy atom. The predicted octanol–water partition coefficient (Wildman–Crippen LogP) is 0.543. The van der Waals surface area contributed by atoms with Gasteiger partial charge < -0.3 is 25.8 Å². The zero-order valence-corrected chi connectivity index (χ0v) is 19.0. The van der Waals surface area contributed by atoms with Gasteiger partial charge >= 0.3 is 0 Å². The molecule has 3 saturated heterocycles. The molecule has 2 atom stereocenters. The molecule has 9 nitrogen and oxygen atoms in total. The zero-order chi connectivity index (χ0) is 23.4. The Bertz CT molecular complexity index is 883. The molecule has 3 amide bonds. The Labute approximate surface area is 194 Å². The Kier molecular flexibility index (Phi) is 7.15. The number of nitrogens with two attached hydrogens (primary N) is 1. The third kappa shape index (κ3) is 5.29. The van der Waals surface area contributed by atoms with Gasteiger partial charge in [0.05, 0.1) is 6.54 Å². The molecular weight excluding hydrogens is 420 g/mol. The molecule has 3 aliphatic heterocycles. The molecule has 0 aliphatic carbocycles. The molecule has 0 spiro atoms. The first-order chi connectivity index (χ1) is 15.9. The van der Waals surface area contributed by atoms with E-state index < -0.39 is 12.1 Å². The summed E-state index contributed by atoms with van der Waals surface area (Å²) in [5.41, 5.74) is 6.76. The highest BCUT2D eigenvalue weighted by molar-refractivity contribution is 5.99. The van der Waals surface area contributed by atoms with Crippen molar-refractivity contribution in [3.05, 3.63) is 35.9 Å². The van der Waals surface area contributed by atoms with E-state index in [1.54, 1.807) is 4.90 Å². The Hall–Kier alpha value is -3.10. The highest BCUT2D eigenvalue weighted by Gasteiger charge is 2.48. The van der Waals surface area contributed by atoms with Gasteiger partial charge in [-0.05, 0) is 50.0 Å². The highest BCUT2D eigenvalue weighted by Crippen LogP contribution is 2.29. The average Bonchev–Trinajstić information content (AvgIpc) is 3.28. The number of guanidine groups is 1. The van der Waals surface area contributed by atoms with Crippen molar-refractivity contribution in [2.75, 3.05) is 32.7 Å². The summed E-state index contributed by atoms with van der Waals surface area (Å²) < 4.78 is 0. The summed E-state index contributed by atoms with van der Waals surface area (Å²) in [7, 11) is 0. The molecular formula is C24H34N6O3. The van der Waals surface area contributed by atoms with E-state index in [1.165, 1.54) is 10.5 Å². The number of piperazine rings is 1. The van der Waals surface area contributed by atoms with Crippen LogP contribution in [0.5, 0.6) is 0 Å². The van der Waals surface area contributed by atoms with E-state index in [4.69, 9.17) is 11.1 Å². The number of amides is 3. The molecule has 4 rings (SSSR count). The number of nitrogens with zero attached hydrogens (tertiary/aromatic N) is 3. The fraction of sp³-hybridized carbons (Fsp3) is 0.583. The lowest BCUT2D eigenvalue weighted by atomic mass is 9.97. The predicted molar refractivity (Wildman–Crippen MR) is 124 cm³/mol. The number of nitrogens with one attached hydrogen (secondary N) is 2. The molecule has 3 heterocycles. The first-order valence-corrected chi connectivity index (χ1v) is 11.9. The molecule has 0 aromatic heterocycles. The molecule has 4 N–H and O–H groups in total. The van der Waals surface area contributed by atoms with Crippen LogP contribution in [0.15, 0.2) is 30.3 Å². The van der Waals surface area contributed by atoms with Crippen molar-refractivity contribution >= 4 is 23.7 Å². The number of aryl methyl sites for hydroxylation is 1. The van der Waals surface area contributed by atoms with Crippen LogP contribution in [0.3, 0.4) is 0 Å². The minimum absolute atomic E-state index is 0.0328. The monoisotopic (exact) mass is 454 g/mol. The second-order valence-electron chi connectivity index (χ2n) is 9.32. The van der Waals surface area contributed by atoms with E-state index in [0.717, 1.165) is 38.8 Å². The first kappa shape index (κ1) is 23.1. The van der Waals surface area contributed by atoms with Crippen molar-refractivity contribution in [1.29, 1.82) is 5.41 Å². The Morgan fingerprint density at radius 2 is 1.82 bits per heavy atom. The maximum atomic E-state index is 13.0. The number of benzene rings is 1. The van der Waals surface area contributed by atoms with E-state index in [2.05, 4.69) is 17.4 Å². The second kappa shape index (κ2) is 10.2. The highest BCUT2D eigenvalue weighted by atomic mass is 16.2. The standard InChI is InChI=1S/C24H34N6O3/c25-24(26)28-13-10-18(11-14-28)15-27-22(32)19-8-9-20-23(33)29(16-21(31)30(19)20)12-4-7-17-5-2-1-3-6-17/h1-3,5-6,18-20H,4,7-16H2,(H3,25,26)(H,27,32)/t19-,20?/m0/s1. The van der Waals surface area contributed by atoms with Crippen LogP contribution >= 0.6 is 0 Å². The molecule has 33 heavy (non-hydrogen) atoms. The number of rotatable bonds is 7. The van der Waals surface area contributed by atoms with Crippen LogP contribution in [-0.2, 0) is 20.8 Å². The van der Waals surface area contributed by atoms with Crippen molar-refractivity contribution in [2.45, 2.75) is 50.6 Å². The lowest BCUT2D eigenvalue weighted by Crippen LogP contribution is -2.61. The Balaban J connectivity index is 1.25. The molecule has 9 heteroatoms. The fourth-order valence-electron chi connectivity index (χ4n) is 5.24. The molecule has 0 radical (unpaired) electrons. The fourth-order valence-corrected chi connectivity index (χ4v) is 5.24. The summed E-state index contributed by atoms with van der Waals surface area (Å²) in [6.07, 6.45) is 4.47. The van der Waals surface area contributed by atoms with Gasteiger partial charge in [0.2, 0.25) is 17.7 Å². The van der Waals surface area contributed by atoms with Crippen LogP contribution < -0.4 is 11.1 Å². The maximum absolute atomic E-state index is 13.0. The average molecular weight is 455 g/mol. The van der Waals surface area contributed by atoms with E-state index in [0.29, 0.717) is 31.8 Å². The van der Waals surface area contributed by atoms with Crippen LogP contribution in [0, 0.1) is 11.3 Å². The van der Waals surface area contributed by atoms with Gasteiger partial charge in [0.25, 0.3) is 0 Å². The van der Waals surface area contributed by atoms with Gasteiger partial charge in [0.15, 0.2) is 5.96 Å². The molecule has 0 saturated carbocycles. The van der Waals surface area contributed by atoms with Crippen LogP contribution in [-0.4, -0.2) is 83.2 Å². The number of carbonyl (C=O) groups is 3. The third-order valence-electron chi connectivity index (χ3n) is 7.16. The number of fused-ring (bicyclic) bond motifs is 1. The molecule has 3 aliphatic rings. The van der Waals surface area contributed by atoms with Crippen LogP contribution in [0.4, 0.5) is 0 Å². The summed E-state index contributed by atoms with van der Waals surface area (Å²) in [6, 6.07) is 9.04. The quantitative estimate of drug-likeness (QED) is 0.410. The van der Waals surface area contributed by atoms with E-state index in [9.17, 15) is 14.4 Å². The SMILES string of the molecule is N=C(N)N1CCC(CNC(=O)[C@@H]2CCC3C(=O)N(CCCc4ccccc4)CC(=O)N32)CC1. The zero-order valence-electron chi connectivity index (χ0n) is 19.0. The van der Waals surface area contributed by atoms with Gasteiger partial charge in [0, 0.05) is 26.2 Å². The van der Waals surface area contributed by atoms with Gasteiger partial charge in [0.1, 0.15) is 12.1 Å². The Morgan fingerprint density at radius 1 is 1.09 bits per heavy atom. The summed E-state index contributed by atoms with van der Waals surface area (Å²) in [5.74, 6) is 0.101. The van der Waals surface area contributed by atoms with Gasteiger partial charge in [-0.15, -0.1) is 0 Å². The van der Waals surface area contributed by atoms with Crippen molar-refractivity contribution in [2.24, 2.45) is 11.7 Å². The van der Waals surface area contributed by atoms with Gasteiger partial charge in [-0.3, -0.25) is 19.8 Å². The van der Waals surface area contributed by atoms with Crippen molar-refractivity contribution in [3.63, 3.8) is 0 Å². The number of hydrogen-bond acceptors (Lipinski definition) is 4. The molecule has 1 aromatic carbocycles. The van der Waals surface area contributed by atoms with E-state index in [-0.39, 0.29) is 30.2 Å². The van der Waals surface area contributed by atoms with Crippen molar-refractivity contribution in [1.82, 2.24) is 20.0 Å². The maximum Gasteiger partial charge on any atom is 0.245 e. The van der Waals surface area contributed by atoms with Crippen molar-refractivity contribution < 1.29 is 14.4 Å². The smallest absolute Gasteiger partial charge is 0.245 e. The lowest BCUT2D eigenvalue weighted by Gasteiger charge is -2.38. The topological polar surface area (TPSA) is 123 Å². The normalized spacial score (nSPS) is 23.6. The molecule has 3 fully saturated rings. The summed E-state index contributed by atoms with van der Waals surface area (Å²) in [6.45, 7) is 2.60. The lowest BCUT2D eigenvalue weighted by molar-refractivity contribution is -0.157. The van der Waals surface area contributed by atoms with Crippen LogP contribution in [0.25, 0.3) is 0 Å². The summed E-state index contributed by atoms with van der Waals surface area (Å²) >= 11 is 0. The molecule has 1 aromatic rings. The van der Waals surface area contributed by atoms with Gasteiger partial charge in [-0.25, -0.2) is 0 Å². The second-order valence-corrected chi connectivity index (χ2v) is 9.32. The first-order valence-electron chi connectivity index (χ1n) is 11.9. The minimum atomic E-state index is -0.560. The minimum Gasteiger partial charge on any atom is -0.370 e. The van der Waals surface area contributed by atoms with E-state index >= 15 is 0 Å². The number of hydrogen-bond donors (Lipinski definition) is 3.